The van der Waals surface area contributed by atoms with Crippen molar-refractivity contribution >= 4 is 27.7 Å². The van der Waals surface area contributed by atoms with Crippen molar-refractivity contribution in [1.82, 2.24) is 10.6 Å². The summed E-state index contributed by atoms with van der Waals surface area (Å²) in [4.78, 5) is 23.4. The summed E-state index contributed by atoms with van der Waals surface area (Å²) in [5.41, 5.74) is 1.57. The Kier molecular flexibility index (Phi) is 7.25. The third-order valence-corrected chi connectivity index (χ3v) is 3.75. The zero-order valence-corrected chi connectivity index (χ0v) is 13.2. The molecule has 0 aliphatic rings. The van der Waals surface area contributed by atoms with E-state index in [1.54, 1.807) is 13.2 Å². The Labute approximate surface area is 127 Å². The molecular formula is C14H19BrN2O3. The normalized spacial score (nSPS) is 10.2. The number of carbonyl (C=O) groups excluding carboxylic acids is 2. The van der Waals surface area contributed by atoms with Gasteiger partial charge in [0.15, 0.2) is 0 Å². The molecule has 0 radical (unpaired) electrons. The Morgan fingerprint density at radius 2 is 2.00 bits per heavy atom. The standard InChI is InChI=1S/C14H19BrN2O3/c1-10-4-3-5-11(13(10)15)14(19)17-7-6-12(18)16-8-9-20-2/h3-5H,6-9H2,1-2H3,(H,16,18)(H,17,19). The van der Waals surface area contributed by atoms with E-state index < -0.39 is 0 Å². The minimum atomic E-state index is -0.190. The molecule has 0 fully saturated rings. The van der Waals surface area contributed by atoms with E-state index in [0.29, 0.717) is 25.3 Å². The van der Waals surface area contributed by atoms with E-state index in [2.05, 4.69) is 26.6 Å². The molecule has 2 amide bonds. The Bertz CT molecular complexity index is 477. The first-order valence-electron chi connectivity index (χ1n) is 6.35. The van der Waals surface area contributed by atoms with Crippen LogP contribution < -0.4 is 10.6 Å². The van der Waals surface area contributed by atoms with Crippen molar-refractivity contribution in [3.05, 3.63) is 33.8 Å². The van der Waals surface area contributed by atoms with E-state index >= 15 is 0 Å². The highest BCUT2D eigenvalue weighted by atomic mass is 79.9. The smallest absolute Gasteiger partial charge is 0.252 e. The lowest BCUT2D eigenvalue weighted by Gasteiger charge is -2.08. The summed E-state index contributed by atoms with van der Waals surface area (Å²) in [7, 11) is 1.58. The van der Waals surface area contributed by atoms with Crippen LogP contribution in [-0.4, -0.2) is 38.6 Å². The largest absolute Gasteiger partial charge is 0.383 e. The molecule has 20 heavy (non-hydrogen) atoms. The lowest BCUT2D eigenvalue weighted by molar-refractivity contribution is -0.121. The summed E-state index contributed by atoms with van der Waals surface area (Å²) in [5, 5.41) is 5.42. The average Bonchev–Trinajstić information content (AvgIpc) is 2.42. The van der Waals surface area contributed by atoms with E-state index in [1.807, 2.05) is 19.1 Å². The fourth-order valence-electron chi connectivity index (χ4n) is 1.59. The lowest BCUT2D eigenvalue weighted by Crippen LogP contribution is -2.32. The molecule has 0 heterocycles. The van der Waals surface area contributed by atoms with Crippen LogP contribution in [0.25, 0.3) is 0 Å². The van der Waals surface area contributed by atoms with Crippen LogP contribution in [0.3, 0.4) is 0 Å². The molecule has 1 aromatic carbocycles. The van der Waals surface area contributed by atoms with Crippen molar-refractivity contribution < 1.29 is 14.3 Å². The van der Waals surface area contributed by atoms with Crippen molar-refractivity contribution in [1.29, 1.82) is 0 Å². The number of amides is 2. The average molecular weight is 343 g/mol. The number of methoxy groups -OCH3 is 1. The number of ether oxygens (including phenoxy) is 1. The van der Waals surface area contributed by atoms with Crippen LogP contribution in [0.15, 0.2) is 22.7 Å². The molecule has 6 heteroatoms. The number of rotatable bonds is 7. The van der Waals surface area contributed by atoms with E-state index in [0.717, 1.165) is 10.0 Å². The Morgan fingerprint density at radius 1 is 1.25 bits per heavy atom. The molecule has 2 N–H and O–H groups in total. The van der Waals surface area contributed by atoms with Crippen LogP contribution in [0.5, 0.6) is 0 Å². The molecule has 0 unspecified atom stereocenters. The second-order valence-electron chi connectivity index (χ2n) is 4.29. The molecule has 0 aliphatic carbocycles. The highest BCUT2D eigenvalue weighted by molar-refractivity contribution is 9.10. The highest BCUT2D eigenvalue weighted by Crippen LogP contribution is 2.20. The van der Waals surface area contributed by atoms with Gasteiger partial charge in [0, 0.05) is 31.1 Å². The quantitative estimate of drug-likeness (QED) is 0.740. The molecule has 0 aliphatic heterocycles. The first-order valence-corrected chi connectivity index (χ1v) is 7.14. The van der Waals surface area contributed by atoms with Gasteiger partial charge in [-0.15, -0.1) is 0 Å². The predicted molar refractivity (Wildman–Crippen MR) is 80.7 cm³/mol. The maximum atomic E-state index is 12.0. The molecule has 5 nitrogen and oxygen atoms in total. The summed E-state index contributed by atoms with van der Waals surface area (Å²) in [6, 6.07) is 5.49. The molecule has 0 bridgehead atoms. The number of nitrogens with one attached hydrogen (secondary N) is 2. The van der Waals surface area contributed by atoms with Gasteiger partial charge in [-0.2, -0.15) is 0 Å². The van der Waals surface area contributed by atoms with Gasteiger partial charge in [0.05, 0.1) is 12.2 Å². The van der Waals surface area contributed by atoms with Crippen LogP contribution in [0.4, 0.5) is 0 Å². The van der Waals surface area contributed by atoms with E-state index in [4.69, 9.17) is 4.74 Å². The predicted octanol–water partition coefficient (Wildman–Crippen LogP) is 1.64. The maximum absolute atomic E-state index is 12.0. The maximum Gasteiger partial charge on any atom is 0.252 e. The minimum Gasteiger partial charge on any atom is -0.383 e. The van der Waals surface area contributed by atoms with Crippen LogP contribution >= 0.6 is 15.9 Å². The molecule has 0 atom stereocenters. The van der Waals surface area contributed by atoms with Gasteiger partial charge < -0.3 is 15.4 Å². The van der Waals surface area contributed by atoms with Crippen molar-refractivity contribution in [2.45, 2.75) is 13.3 Å². The Balaban J connectivity index is 2.37. The third kappa shape index (κ3) is 5.30. The van der Waals surface area contributed by atoms with E-state index in [-0.39, 0.29) is 18.2 Å². The monoisotopic (exact) mass is 342 g/mol. The molecule has 1 aromatic rings. The number of hydrogen-bond acceptors (Lipinski definition) is 3. The van der Waals surface area contributed by atoms with Crippen LogP contribution in [0, 0.1) is 6.92 Å². The zero-order valence-electron chi connectivity index (χ0n) is 11.7. The van der Waals surface area contributed by atoms with Gasteiger partial charge >= 0.3 is 0 Å². The number of benzene rings is 1. The van der Waals surface area contributed by atoms with Gasteiger partial charge in [-0.1, -0.05) is 12.1 Å². The SMILES string of the molecule is COCCNC(=O)CCNC(=O)c1cccc(C)c1Br. The summed E-state index contributed by atoms with van der Waals surface area (Å²) in [5.74, 6) is -0.295. The van der Waals surface area contributed by atoms with Crippen molar-refractivity contribution in [3.63, 3.8) is 0 Å². The van der Waals surface area contributed by atoms with Crippen LogP contribution in [-0.2, 0) is 9.53 Å². The second-order valence-corrected chi connectivity index (χ2v) is 5.08. The number of halogens is 1. The molecule has 110 valence electrons. The first kappa shape index (κ1) is 16.7. The molecule has 0 spiro atoms. The third-order valence-electron chi connectivity index (χ3n) is 2.70. The van der Waals surface area contributed by atoms with Gasteiger partial charge in [0.2, 0.25) is 5.91 Å². The highest BCUT2D eigenvalue weighted by Gasteiger charge is 2.11. The van der Waals surface area contributed by atoms with Gasteiger partial charge in [0.25, 0.3) is 5.91 Å². The molecule has 1 rings (SSSR count). The van der Waals surface area contributed by atoms with Crippen molar-refractivity contribution in [2.75, 3.05) is 26.8 Å². The Hall–Kier alpha value is -1.40. The molecule has 0 saturated heterocycles. The van der Waals surface area contributed by atoms with E-state index in [9.17, 15) is 9.59 Å². The van der Waals surface area contributed by atoms with E-state index in [1.165, 1.54) is 0 Å². The van der Waals surface area contributed by atoms with Gasteiger partial charge in [0.1, 0.15) is 0 Å². The number of hydrogen-bond donors (Lipinski definition) is 2. The van der Waals surface area contributed by atoms with Crippen LogP contribution in [0.2, 0.25) is 0 Å². The fraction of sp³-hybridized carbons (Fsp3) is 0.429. The molecule has 0 saturated carbocycles. The fourth-order valence-corrected chi connectivity index (χ4v) is 2.03. The second kappa shape index (κ2) is 8.71. The first-order chi connectivity index (χ1) is 9.56. The summed E-state index contributed by atoms with van der Waals surface area (Å²) in [6.07, 6.45) is 0.249. The number of aryl methyl sites for hydroxylation is 1. The minimum absolute atomic E-state index is 0.106. The molecular weight excluding hydrogens is 324 g/mol. The van der Waals surface area contributed by atoms with Crippen molar-refractivity contribution in [2.24, 2.45) is 0 Å². The summed E-state index contributed by atoms with van der Waals surface area (Å²) >= 11 is 3.39. The topological polar surface area (TPSA) is 67.4 Å². The Morgan fingerprint density at radius 3 is 2.70 bits per heavy atom. The summed E-state index contributed by atoms with van der Waals surface area (Å²) in [6.45, 7) is 3.18. The lowest BCUT2D eigenvalue weighted by atomic mass is 10.1. The molecule has 0 aromatic heterocycles. The van der Waals surface area contributed by atoms with Crippen molar-refractivity contribution in [3.8, 4) is 0 Å². The summed E-state index contributed by atoms with van der Waals surface area (Å²) < 4.78 is 5.61. The number of carbonyl (C=O) groups is 2. The van der Waals surface area contributed by atoms with Gasteiger partial charge in [-0.25, -0.2) is 0 Å². The van der Waals surface area contributed by atoms with Crippen LogP contribution in [0.1, 0.15) is 22.3 Å². The zero-order chi connectivity index (χ0) is 15.0. The van der Waals surface area contributed by atoms with Gasteiger partial charge in [-0.05, 0) is 34.5 Å². The van der Waals surface area contributed by atoms with Gasteiger partial charge in [-0.3, -0.25) is 9.59 Å².